The van der Waals surface area contributed by atoms with E-state index in [0.29, 0.717) is 0 Å². The van der Waals surface area contributed by atoms with Gasteiger partial charge in [0.1, 0.15) is 0 Å². The molecule has 0 N–H and O–H groups in total. The van der Waals surface area contributed by atoms with Crippen LogP contribution in [-0.2, 0) is 10.8 Å². The van der Waals surface area contributed by atoms with Gasteiger partial charge in [0, 0.05) is 44.2 Å². The fourth-order valence-corrected chi connectivity index (χ4v) is 11.6. The smallest absolute Gasteiger partial charge is 0.332 e. The van der Waals surface area contributed by atoms with Crippen LogP contribution in [0, 0.1) is 0 Å². The van der Waals surface area contributed by atoms with E-state index < -0.39 is 5.41 Å². The van der Waals surface area contributed by atoms with Crippen LogP contribution in [0.25, 0.3) is 43.9 Å². The molecule has 0 spiro atoms. The van der Waals surface area contributed by atoms with Gasteiger partial charge in [-0.15, -0.1) is 0 Å². The van der Waals surface area contributed by atoms with Crippen LogP contribution in [0.2, 0.25) is 0 Å². The van der Waals surface area contributed by atoms with Gasteiger partial charge < -0.3 is 9.38 Å². The van der Waals surface area contributed by atoms with Crippen LogP contribution < -0.4 is 15.8 Å². The Morgan fingerprint density at radius 1 is 0.491 bits per heavy atom. The van der Waals surface area contributed by atoms with Crippen molar-refractivity contribution in [2.75, 3.05) is 4.90 Å². The van der Waals surface area contributed by atoms with E-state index in [1.54, 1.807) is 0 Å². The fraction of sp³-hybridized carbons (Fsp3) is 0.0769. The molecule has 4 heterocycles. The molecule has 13 rings (SSSR count). The number of fused-ring (bicyclic) bond motifs is 13. The Labute approximate surface area is 321 Å². The first-order chi connectivity index (χ1) is 27.1. The van der Waals surface area contributed by atoms with Crippen LogP contribution in [0.3, 0.4) is 0 Å². The molecular formula is C52H35BN2. The van der Waals surface area contributed by atoms with Crippen molar-refractivity contribution in [1.29, 1.82) is 0 Å². The quantitative estimate of drug-likeness (QED) is 0.163. The third kappa shape index (κ3) is 3.37. The number of aromatic nitrogens is 1. The highest BCUT2D eigenvalue weighted by molar-refractivity contribution is 6.90. The molecule has 256 valence electrons. The number of hydrogen-bond donors (Lipinski definition) is 0. The van der Waals surface area contributed by atoms with E-state index in [2.05, 4.69) is 199 Å². The molecule has 2 nitrogen and oxygen atoms in total. The zero-order valence-corrected chi connectivity index (χ0v) is 30.7. The number of anilines is 3. The predicted molar refractivity (Wildman–Crippen MR) is 229 cm³/mol. The lowest BCUT2D eigenvalue weighted by molar-refractivity contribution is 0.632. The molecule has 0 atom stereocenters. The van der Waals surface area contributed by atoms with Gasteiger partial charge in [-0.3, -0.25) is 0 Å². The largest absolute Gasteiger partial charge is 0.378 e. The van der Waals surface area contributed by atoms with Crippen molar-refractivity contribution < 1.29 is 0 Å². The third-order valence-electron chi connectivity index (χ3n) is 13.5. The number of rotatable bonds is 2. The highest BCUT2D eigenvalue weighted by atomic mass is 15.2. The summed E-state index contributed by atoms with van der Waals surface area (Å²) in [6.45, 7) is 4.86. The van der Waals surface area contributed by atoms with Gasteiger partial charge in [0.15, 0.2) is 0 Å². The molecule has 0 unspecified atom stereocenters. The summed E-state index contributed by atoms with van der Waals surface area (Å²) in [6.07, 6.45) is 0. The molecule has 3 aliphatic heterocycles. The summed E-state index contributed by atoms with van der Waals surface area (Å²) in [5, 5.41) is 3.91. The summed E-state index contributed by atoms with van der Waals surface area (Å²) in [5.74, 6) is 0. The average Bonchev–Trinajstić information content (AvgIpc) is 3.71. The van der Waals surface area contributed by atoms with Crippen molar-refractivity contribution in [1.82, 2.24) is 4.48 Å². The van der Waals surface area contributed by atoms with E-state index in [0.717, 1.165) is 0 Å². The lowest BCUT2D eigenvalue weighted by Crippen LogP contribution is -2.59. The van der Waals surface area contributed by atoms with E-state index in [1.165, 1.54) is 105 Å². The van der Waals surface area contributed by atoms with Gasteiger partial charge in [-0.05, 0) is 67.4 Å². The first-order valence-corrected chi connectivity index (χ1v) is 19.6. The Bertz CT molecular complexity index is 3100. The third-order valence-corrected chi connectivity index (χ3v) is 13.5. The van der Waals surface area contributed by atoms with E-state index in [9.17, 15) is 0 Å². The second-order valence-corrected chi connectivity index (χ2v) is 16.4. The fourth-order valence-electron chi connectivity index (χ4n) is 11.6. The maximum Gasteiger partial charge on any atom is 0.332 e. The Morgan fingerprint density at radius 3 is 1.91 bits per heavy atom. The molecule has 8 aromatic carbocycles. The van der Waals surface area contributed by atoms with Gasteiger partial charge in [-0.2, -0.15) is 0 Å². The van der Waals surface area contributed by atoms with Crippen LogP contribution in [0.4, 0.5) is 17.1 Å². The monoisotopic (exact) mass is 698 g/mol. The molecule has 0 bridgehead atoms. The van der Waals surface area contributed by atoms with Crippen molar-refractivity contribution in [2.24, 2.45) is 0 Å². The summed E-state index contributed by atoms with van der Waals surface area (Å²) >= 11 is 0. The maximum absolute atomic E-state index is 2.79. The molecule has 0 saturated carbocycles. The molecule has 1 aliphatic carbocycles. The lowest BCUT2D eigenvalue weighted by atomic mass is 9.43. The molecule has 0 fully saturated rings. The van der Waals surface area contributed by atoms with Crippen molar-refractivity contribution in [3.8, 4) is 22.3 Å². The van der Waals surface area contributed by atoms with Crippen LogP contribution in [-0.4, -0.2) is 11.3 Å². The normalized spacial score (nSPS) is 15.7. The first-order valence-electron chi connectivity index (χ1n) is 19.6. The van der Waals surface area contributed by atoms with Gasteiger partial charge in [-0.1, -0.05) is 178 Å². The Balaban J connectivity index is 1.26. The molecule has 4 aliphatic rings. The molecular weight excluding hydrogens is 663 g/mol. The van der Waals surface area contributed by atoms with E-state index in [-0.39, 0.29) is 12.3 Å². The minimum Gasteiger partial charge on any atom is -0.378 e. The van der Waals surface area contributed by atoms with Crippen molar-refractivity contribution in [2.45, 2.75) is 24.7 Å². The Morgan fingerprint density at radius 2 is 1.11 bits per heavy atom. The Hall–Kier alpha value is -6.58. The molecule has 1 aromatic heterocycles. The number of para-hydroxylation sites is 3. The summed E-state index contributed by atoms with van der Waals surface area (Å²) in [4.78, 5) is 2.66. The molecule has 9 aromatic rings. The van der Waals surface area contributed by atoms with Gasteiger partial charge in [-0.25, -0.2) is 0 Å². The molecule has 0 amide bonds. The van der Waals surface area contributed by atoms with Gasteiger partial charge >= 0.3 is 6.85 Å². The van der Waals surface area contributed by atoms with E-state index >= 15 is 0 Å². The zero-order valence-electron chi connectivity index (χ0n) is 30.7. The second-order valence-electron chi connectivity index (χ2n) is 16.4. The number of hydrogen-bond acceptors (Lipinski definition) is 1. The van der Waals surface area contributed by atoms with Gasteiger partial charge in [0.25, 0.3) is 0 Å². The van der Waals surface area contributed by atoms with Gasteiger partial charge in [0.2, 0.25) is 0 Å². The highest BCUT2D eigenvalue weighted by Gasteiger charge is 2.54. The van der Waals surface area contributed by atoms with Crippen LogP contribution >= 0.6 is 0 Å². The molecule has 3 heteroatoms. The zero-order chi connectivity index (χ0) is 36.2. The number of benzene rings is 8. The second kappa shape index (κ2) is 10.1. The minimum absolute atomic E-state index is 0.0231. The van der Waals surface area contributed by atoms with Crippen molar-refractivity contribution in [3.63, 3.8) is 0 Å². The lowest BCUT2D eigenvalue weighted by Gasteiger charge is -2.51. The number of nitrogens with zero attached hydrogens (tertiary/aromatic N) is 2. The minimum atomic E-state index is -0.540. The summed E-state index contributed by atoms with van der Waals surface area (Å²) in [7, 11) is 0. The Kier molecular flexibility index (Phi) is 5.50. The maximum atomic E-state index is 2.79. The molecule has 0 radical (unpaired) electrons. The van der Waals surface area contributed by atoms with Crippen LogP contribution in [0.5, 0.6) is 0 Å². The predicted octanol–water partition coefficient (Wildman–Crippen LogP) is 11.2. The van der Waals surface area contributed by atoms with E-state index in [4.69, 9.17) is 0 Å². The van der Waals surface area contributed by atoms with Crippen molar-refractivity contribution >= 4 is 56.5 Å². The van der Waals surface area contributed by atoms with E-state index in [1.807, 2.05) is 0 Å². The average molecular weight is 699 g/mol. The summed E-state index contributed by atoms with van der Waals surface area (Å²) in [6, 6.07) is 66.6. The molecule has 55 heavy (non-hydrogen) atoms. The topological polar surface area (TPSA) is 8.17 Å². The van der Waals surface area contributed by atoms with Crippen LogP contribution in [0.1, 0.15) is 47.4 Å². The standard InChI is InChI=1S/C52H35BN2/c1-51(2)40-26-12-11-23-37(40)45-38-25-15-24-36-39-31-32-17-9-10-22-35(32)48-46(39)53(55(47(36)38)50(45)51)43-29-16-28-42-49(43)54(48)44-30-14-13-27-41(44)52(42,33-18-5-3-6-19-33)34-20-7-4-8-21-34/h3-31H,1-2H3. The van der Waals surface area contributed by atoms with Crippen molar-refractivity contribution in [3.05, 3.63) is 209 Å². The highest BCUT2D eigenvalue weighted by Crippen LogP contribution is 2.61. The van der Waals surface area contributed by atoms with Gasteiger partial charge in [0.05, 0.1) is 16.8 Å². The first kappa shape index (κ1) is 29.8. The SMILES string of the molecule is CC1(C)c2ccccc2-c2c1n1c3c(cccc23)-c2cc3ccccc3c3c2B1c1cccc2c1N3c1ccccc1C2(c1ccccc1)c1ccccc1. The van der Waals surface area contributed by atoms with Crippen LogP contribution in [0.15, 0.2) is 176 Å². The molecule has 0 saturated heterocycles. The summed E-state index contributed by atoms with van der Waals surface area (Å²) < 4.78 is 2.79. The summed E-state index contributed by atoms with van der Waals surface area (Å²) in [5.41, 5.74) is 20.7.